The molecular weight excluding hydrogens is 316 g/mol. The average molecular weight is 367 g/mol. The molecule has 0 spiro atoms. The Bertz CT molecular complexity index is 288. The van der Waals surface area contributed by atoms with Crippen molar-refractivity contribution >= 4 is 5.78 Å². The Labute approximate surface area is 166 Å². The van der Waals surface area contributed by atoms with Gasteiger partial charge in [-0.25, -0.2) is 0 Å². The number of Topliss-reactive ketones (excluding diaryl/α,β-unsaturated/α-hetero) is 1. The van der Waals surface area contributed by atoms with Gasteiger partial charge in [-0.2, -0.15) is 0 Å². The molecule has 0 saturated carbocycles. The zero-order valence-corrected chi connectivity index (χ0v) is 19.1. The predicted octanol–water partition coefficient (Wildman–Crippen LogP) is 8.60. The molecule has 2 atom stereocenters. The lowest BCUT2D eigenvalue weighted by atomic mass is 9.78. The number of carbonyl (C=O) groups excluding carboxylic acids is 1. The monoisotopic (exact) mass is 366 g/mol. The van der Waals surface area contributed by atoms with Gasteiger partial charge >= 0.3 is 0 Å². The van der Waals surface area contributed by atoms with E-state index in [1.807, 2.05) is 0 Å². The Balaban J connectivity index is 4.64. The first-order valence-corrected chi connectivity index (χ1v) is 12.0. The highest BCUT2D eigenvalue weighted by Gasteiger charge is 2.27. The molecule has 156 valence electrons. The van der Waals surface area contributed by atoms with Crippen LogP contribution < -0.4 is 0 Å². The van der Waals surface area contributed by atoms with Gasteiger partial charge in [0.05, 0.1) is 0 Å². The zero-order chi connectivity index (χ0) is 19.8. The first-order valence-electron chi connectivity index (χ1n) is 12.0. The van der Waals surface area contributed by atoms with Crippen molar-refractivity contribution < 1.29 is 4.79 Å². The fourth-order valence-electron chi connectivity index (χ4n) is 4.21. The van der Waals surface area contributed by atoms with Crippen LogP contribution in [0.3, 0.4) is 0 Å². The molecular formula is C25H50O. The van der Waals surface area contributed by atoms with E-state index in [0.717, 1.165) is 25.7 Å². The van der Waals surface area contributed by atoms with E-state index in [9.17, 15) is 4.79 Å². The first-order chi connectivity index (χ1) is 12.4. The van der Waals surface area contributed by atoms with Gasteiger partial charge in [0, 0.05) is 11.8 Å². The topological polar surface area (TPSA) is 17.1 Å². The van der Waals surface area contributed by atoms with Crippen molar-refractivity contribution in [2.24, 2.45) is 23.7 Å². The molecule has 0 aliphatic rings. The third-order valence-corrected chi connectivity index (χ3v) is 5.63. The van der Waals surface area contributed by atoms with Gasteiger partial charge in [-0.15, -0.1) is 0 Å². The van der Waals surface area contributed by atoms with E-state index in [-0.39, 0.29) is 0 Å². The average Bonchev–Trinajstić information content (AvgIpc) is 2.58. The van der Waals surface area contributed by atoms with Crippen molar-refractivity contribution in [3.8, 4) is 0 Å². The lowest BCUT2D eigenvalue weighted by Gasteiger charge is -2.25. The van der Waals surface area contributed by atoms with Gasteiger partial charge in [-0.3, -0.25) is 4.79 Å². The summed E-state index contributed by atoms with van der Waals surface area (Å²) in [4.78, 5) is 13.4. The second-order valence-corrected chi connectivity index (χ2v) is 9.46. The quantitative estimate of drug-likeness (QED) is 0.222. The second kappa shape index (κ2) is 16.8. The summed E-state index contributed by atoms with van der Waals surface area (Å²) in [7, 11) is 0. The molecule has 0 amide bonds. The number of unbranched alkanes of at least 4 members (excludes halogenated alkanes) is 8. The van der Waals surface area contributed by atoms with Crippen LogP contribution in [0.1, 0.15) is 131 Å². The number of rotatable bonds is 18. The van der Waals surface area contributed by atoms with Gasteiger partial charge in [0.1, 0.15) is 5.78 Å². The van der Waals surface area contributed by atoms with Crippen molar-refractivity contribution in [1.29, 1.82) is 0 Å². The van der Waals surface area contributed by atoms with E-state index >= 15 is 0 Å². The highest BCUT2D eigenvalue weighted by Crippen LogP contribution is 2.29. The van der Waals surface area contributed by atoms with E-state index in [1.165, 1.54) is 64.2 Å². The van der Waals surface area contributed by atoms with E-state index in [2.05, 4.69) is 41.5 Å². The third-order valence-electron chi connectivity index (χ3n) is 5.63. The summed E-state index contributed by atoms with van der Waals surface area (Å²) >= 11 is 0. The highest BCUT2D eigenvalue weighted by molar-refractivity contribution is 5.83. The van der Waals surface area contributed by atoms with Gasteiger partial charge in [0.2, 0.25) is 0 Å². The summed E-state index contributed by atoms with van der Waals surface area (Å²) in [5.41, 5.74) is 0. The maximum atomic E-state index is 13.4. The van der Waals surface area contributed by atoms with Gasteiger partial charge in [0.15, 0.2) is 0 Å². The third kappa shape index (κ3) is 13.8. The minimum absolute atomic E-state index is 0.316. The second-order valence-electron chi connectivity index (χ2n) is 9.46. The van der Waals surface area contributed by atoms with Crippen LogP contribution in [0.5, 0.6) is 0 Å². The summed E-state index contributed by atoms with van der Waals surface area (Å²) in [6, 6.07) is 0. The Hall–Kier alpha value is -0.330. The van der Waals surface area contributed by atoms with Crippen LogP contribution in [-0.4, -0.2) is 5.78 Å². The van der Waals surface area contributed by atoms with Crippen molar-refractivity contribution in [1.82, 2.24) is 0 Å². The highest BCUT2D eigenvalue weighted by atomic mass is 16.1. The first kappa shape index (κ1) is 25.7. The molecule has 0 N–H and O–H groups in total. The van der Waals surface area contributed by atoms with Crippen LogP contribution in [0, 0.1) is 23.7 Å². The SMILES string of the molecule is CCCCCCCC(CC(C)C)C(=O)C(CCCCCCC)CC(C)C. The van der Waals surface area contributed by atoms with Crippen LogP contribution in [0.25, 0.3) is 0 Å². The lowest BCUT2D eigenvalue weighted by molar-refractivity contribution is -0.128. The van der Waals surface area contributed by atoms with Gasteiger partial charge in [-0.1, -0.05) is 106 Å². The molecule has 0 radical (unpaired) electrons. The fraction of sp³-hybridized carbons (Fsp3) is 0.960. The van der Waals surface area contributed by atoms with Crippen molar-refractivity contribution in [2.45, 2.75) is 131 Å². The van der Waals surface area contributed by atoms with Crippen LogP contribution in [0.4, 0.5) is 0 Å². The van der Waals surface area contributed by atoms with E-state index in [4.69, 9.17) is 0 Å². The van der Waals surface area contributed by atoms with E-state index in [0.29, 0.717) is 29.5 Å². The molecule has 0 rings (SSSR count). The van der Waals surface area contributed by atoms with Crippen molar-refractivity contribution in [3.63, 3.8) is 0 Å². The molecule has 2 unspecified atom stereocenters. The molecule has 0 aromatic rings. The van der Waals surface area contributed by atoms with Crippen molar-refractivity contribution in [3.05, 3.63) is 0 Å². The van der Waals surface area contributed by atoms with E-state index < -0.39 is 0 Å². The van der Waals surface area contributed by atoms with Crippen LogP contribution >= 0.6 is 0 Å². The Morgan fingerprint density at radius 3 is 1.23 bits per heavy atom. The summed E-state index contributed by atoms with van der Waals surface area (Å²) in [5, 5.41) is 0. The normalized spacial score (nSPS) is 14.2. The summed E-state index contributed by atoms with van der Waals surface area (Å²) in [5.74, 6) is 2.50. The van der Waals surface area contributed by atoms with Crippen LogP contribution in [0.15, 0.2) is 0 Å². The minimum Gasteiger partial charge on any atom is -0.299 e. The molecule has 0 heterocycles. The molecule has 0 fully saturated rings. The maximum Gasteiger partial charge on any atom is 0.139 e. The van der Waals surface area contributed by atoms with E-state index in [1.54, 1.807) is 0 Å². The standard InChI is InChI=1S/C25H50O/c1-7-9-11-13-15-17-23(19-21(3)4)25(26)24(20-22(5)6)18-16-14-12-10-8-2/h21-24H,7-20H2,1-6H3. The number of carbonyl (C=O) groups is 1. The molecule has 1 nitrogen and oxygen atoms in total. The molecule has 0 bridgehead atoms. The maximum absolute atomic E-state index is 13.4. The molecule has 26 heavy (non-hydrogen) atoms. The Kier molecular flexibility index (Phi) is 16.6. The molecule has 0 aromatic heterocycles. The smallest absolute Gasteiger partial charge is 0.139 e. The summed E-state index contributed by atoms with van der Waals surface area (Å²) in [6.07, 6.45) is 17.5. The van der Waals surface area contributed by atoms with Crippen LogP contribution in [0.2, 0.25) is 0 Å². The molecule has 1 heteroatoms. The largest absolute Gasteiger partial charge is 0.299 e. The van der Waals surface area contributed by atoms with Gasteiger partial charge < -0.3 is 0 Å². The fourth-order valence-corrected chi connectivity index (χ4v) is 4.21. The van der Waals surface area contributed by atoms with Crippen LogP contribution in [-0.2, 0) is 4.79 Å². The molecule has 0 aliphatic heterocycles. The van der Waals surface area contributed by atoms with Gasteiger partial charge in [0.25, 0.3) is 0 Å². The summed E-state index contributed by atoms with van der Waals surface area (Å²) in [6.45, 7) is 13.6. The van der Waals surface area contributed by atoms with Crippen molar-refractivity contribution in [2.75, 3.05) is 0 Å². The Morgan fingerprint density at radius 1 is 0.577 bits per heavy atom. The molecule has 0 aromatic carbocycles. The summed E-state index contributed by atoms with van der Waals surface area (Å²) < 4.78 is 0. The van der Waals surface area contributed by atoms with Gasteiger partial charge in [-0.05, 0) is 37.5 Å². The zero-order valence-electron chi connectivity index (χ0n) is 19.1. The minimum atomic E-state index is 0.316. The number of hydrogen-bond acceptors (Lipinski definition) is 1. The predicted molar refractivity (Wildman–Crippen MR) is 118 cm³/mol. The number of hydrogen-bond donors (Lipinski definition) is 0. The number of ketones is 1. The molecule has 0 saturated heterocycles. The molecule has 0 aliphatic carbocycles. The lowest BCUT2D eigenvalue weighted by Crippen LogP contribution is -2.26. The Morgan fingerprint density at radius 2 is 0.923 bits per heavy atom.